The van der Waals surface area contributed by atoms with E-state index in [1.807, 2.05) is 0 Å². The molecule has 1 aromatic rings. The van der Waals surface area contributed by atoms with Crippen LogP contribution in [0.5, 0.6) is 11.5 Å². The van der Waals surface area contributed by atoms with E-state index in [9.17, 15) is 15.0 Å². The van der Waals surface area contributed by atoms with Gasteiger partial charge in [0.15, 0.2) is 11.5 Å². The van der Waals surface area contributed by atoms with Gasteiger partial charge in [-0.2, -0.15) is 0 Å². The molecular weight excluding hydrogens is 240 g/mol. The lowest BCUT2D eigenvalue weighted by Gasteiger charge is -2.24. The molecule has 0 spiro atoms. The van der Waals surface area contributed by atoms with Crippen LogP contribution in [0.4, 0.5) is 0 Å². The molecule has 5 nitrogen and oxygen atoms in total. The minimum atomic E-state index is -0.871. The SMILES string of the molecule is CC(C)(NC(=O)c1cccc(O)c1O)C(N)=S. The Balaban J connectivity index is 2.99. The van der Waals surface area contributed by atoms with Gasteiger partial charge < -0.3 is 21.3 Å². The molecule has 0 saturated heterocycles. The third-order valence-corrected chi connectivity index (χ3v) is 2.81. The summed E-state index contributed by atoms with van der Waals surface area (Å²) in [7, 11) is 0. The van der Waals surface area contributed by atoms with Gasteiger partial charge in [0.1, 0.15) is 0 Å². The third kappa shape index (κ3) is 2.85. The fourth-order valence-electron chi connectivity index (χ4n) is 1.13. The number of carbonyl (C=O) groups is 1. The first kappa shape index (κ1) is 13.2. The zero-order valence-electron chi connectivity index (χ0n) is 9.52. The highest BCUT2D eigenvalue weighted by Gasteiger charge is 2.25. The van der Waals surface area contributed by atoms with Gasteiger partial charge in [0, 0.05) is 0 Å². The molecule has 0 aromatic heterocycles. The minimum absolute atomic E-state index is 0.0330. The Kier molecular flexibility index (Phi) is 3.57. The van der Waals surface area contributed by atoms with Crippen molar-refractivity contribution in [2.45, 2.75) is 19.4 Å². The maximum absolute atomic E-state index is 11.8. The third-order valence-electron chi connectivity index (χ3n) is 2.30. The van der Waals surface area contributed by atoms with Gasteiger partial charge >= 0.3 is 0 Å². The summed E-state index contributed by atoms with van der Waals surface area (Å²) in [6.07, 6.45) is 0. The zero-order valence-corrected chi connectivity index (χ0v) is 10.3. The highest BCUT2D eigenvalue weighted by atomic mass is 32.1. The van der Waals surface area contributed by atoms with Crippen molar-refractivity contribution in [3.63, 3.8) is 0 Å². The summed E-state index contributed by atoms with van der Waals surface area (Å²) in [5.41, 5.74) is 4.57. The number of benzene rings is 1. The van der Waals surface area contributed by atoms with Crippen LogP contribution in [0.1, 0.15) is 24.2 Å². The molecule has 92 valence electrons. The van der Waals surface area contributed by atoms with Crippen molar-refractivity contribution in [1.29, 1.82) is 0 Å². The fraction of sp³-hybridized carbons (Fsp3) is 0.273. The average molecular weight is 254 g/mol. The van der Waals surface area contributed by atoms with E-state index >= 15 is 0 Å². The molecule has 1 aromatic carbocycles. The average Bonchev–Trinajstić information content (AvgIpc) is 2.21. The van der Waals surface area contributed by atoms with Crippen LogP contribution < -0.4 is 11.1 Å². The highest BCUT2D eigenvalue weighted by Crippen LogP contribution is 2.28. The van der Waals surface area contributed by atoms with E-state index in [-0.39, 0.29) is 16.3 Å². The molecule has 0 aliphatic rings. The predicted molar refractivity (Wildman–Crippen MR) is 68.1 cm³/mol. The van der Waals surface area contributed by atoms with Crippen LogP contribution in [0.15, 0.2) is 18.2 Å². The first-order valence-corrected chi connectivity index (χ1v) is 5.30. The smallest absolute Gasteiger partial charge is 0.255 e. The van der Waals surface area contributed by atoms with E-state index in [1.165, 1.54) is 18.2 Å². The Morgan fingerprint density at radius 1 is 1.41 bits per heavy atom. The Morgan fingerprint density at radius 2 is 2.00 bits per heavy atom. The van der Waals surface area contributed by atoms with Crippen LogP contribution in [0.3, 0.4) is 0 Å². The van der Waals surface area contributed by atoms with Gasteiger partial charge in [0.2, 0.25) is 0 Å². The van der Waals surface area contributed by atoms with Crippen molar-refractivity contribution in [2.24, 2.45) is 5.73 Å². The molecule has 0 atom stereocenters. The van der Waals surface area contributed by atoms with Crippen molar-refractivity contribution < 1.29 is 15.0 Å². The molecule has 0 fully saturated rings. The summed E-state index contributed by atoms with van der Waals surface area (Å²) in [5, 5.41) is 21.4. The van der Waals surface area contributed by atoms with Crippen LogP contribution in [-0.2, 0) is 0 Å². The molecule has 0 radical (unpaired) electrons. The van der Waals surface area contributed by atoms with Crippen molar-refractivity contribution >= 4 is 23.1 Å². The number of hydrogen-bond acceptors (Lipinski definition) is 4. The summed E-state index contributed by atoms with van der Waals surface area (Å²) >= 11 is 4.81. The van der Waals surface area contributed by atoms with Gasteiger partial charge in [-0.05, 0) is 26.0 Å². The summed E-state index contributed by atoms with van der Waals surface area (Å²) in [5.74, 6) is -1.38. The number of nitrogens with one attached hydrogen (secondary N) is 1. The first-order valence-electron chi connectivity index (χ1n) is 4.89. The van der Waals surface area contributed by atoms with E-state index in [4.69, 9.17) is 18.0 Å². The number of thiocarbonyl (C=S) groups is 1. The second-order valence-corrected chi connectivity index (χ2v) is 4.56. The Bertz CT molecular complexity index is 472. The van der Waals surface area contributed by atoms with Gasteiger partial charge in [-0.25, -0.2) is 0 Å². The topological polar surface area (TPSA) is 95.6 Å². The van der Waals surface area contributed by atoms with Crippen molar-refractivity contribution in [3.05, 3.63) is 23.8 Å². The zero-order chi connectivity index (χ0) is 13.2. The van der Waals surface area contributed by atoms with E-state index in [2.05, 4.69) is 5.32 Å². The monoisotopic (exact) mass is 254 g/mol. The van der Waals surface area contributed by atoms with E-state index in [1.54, 1.807) is 13.8 Å². The molecule has 6 heteroatoms. The number of rotatable bonds is 3. The Hall–Kier alpha value is -1.82. The number of amides is 1. The van der Waals surface area contributed by atoms with Gasteiger partial charge in [-0.15, -0.1) is 0 Å². The fourth-order valence-corrected chi connectivity index (χ4v) is 1.18. The molecule has 0 aliphatic heterocycles. The standard InChI is InChI=1S/C11H14N2O3S/c1-11(2,10(12)17)13-9(16)6-4-3-5-7(14)8(6)15/h3-5,14-15H,1-2H3,(H2,12,17)(H,13,16). The number of hydrogen-bond donors (Lipinski definition) is 4. The first-order chi connectivity index (χ1) is 7.75. The molecule has 0 saturated carbocycles. The summed E-state index contributed by atoms with van der Waals surface area (Å²) in [6, 6.07) is 4.13. The molecule has 0 heterocycles. The molecular formula is C11H14N2O3S. The van der Waals surface area contributed by atoms with Gasteiger partial charge in [0.25, 0.3) is 5.91 Å². The van der Waals surface area contributed by atoms with E-state index in [0.29, 0.717) is 0 Å². The molecule has 1 amide bonds. The molecule has 0 aliphatic carbocycles. The molecule has 17 heavy (non-hydrogen) atoms. The Labute approximate surface area is 104 Å². The Morgan fingerprint density at radius 3 is 2.53 bits per heavy atom. The van der Waals surface area contributed by atoms with Crippen LogP contribution in [0.25, 0.3) is 0 Å². The number of carbonyl (C=O) groups excluding carboxylic acids is 1. The molecule has 5 N–H and O–H groups in total. The lowest BCUT2D eigenvalue weighted by Crippen LogP contribution is -2.52. The lowest BCUT2D eigenvalue weighted by atomic mass is 10.0. The summed E-state index contributed by atoms with van der Waals surface area (Å²) < 4.78 is 0. The number of phenolic OH excluding ortho intramolecular Hbond substituents is 2. The maximum Gasteiger partial charge on any atom is 0.255 e. The van der Waals surface area contributed by atoms with Crippen molar-refractivity contribution in [2.75, 3.05) is 0 Å². The second kappa shape index (κ2) is 4.58. The number of nitrogens with two attached hydrogens (primary N) is 1. The van der Waals surface area contributed by atoms with Crippen molar-refractivity contribution in [1.82, 2.24) is 5.32 Å². The quantitative estimate of drug-likeness (QED) is 0.474. The summed E-state index contributed by atoms with van der Waals surface area (Å²) in [6.45, 7) is 3.29. The molecule has 0 bridgehead atoms. The van der Waals surface area contributed by atoms with Crippen LogP contribution in [0.2, 0.25) is 0 Å². The van der Waals surface area contributed by atoms with Crippen molar-refractivity contribution in [3.8, 4) is 11.5 Å². The summed E-state index contributed by atoms with van der Waals surface area (Å²) in [4.78, 5) is 12.0. The van der Waals surface area contributed by atoms with E-state index < -0.39 is 17.2 Å². The molecule has 1 rings (SSSR count). The minimum Gasteiger partial charge on any atom is -0.504 e. The van der Waals surface area contributed by atoms with Gasteiger partial charge in [-0.3, -0.25) is 4.79 Å². The number of para-hydroxylation sites is 1. The lowest BCUT2D eigenvalue weighted by molar-refractivity contribution is 0.0929. The number of aromatic hydroxyl groups is 2. The van der Waals surface area contributed by atoms with Crippen LogP contribution in [-0.4, -0.2) is 26.6 Å². The normalized spacial score (nSPS) is 10.9. The highest BCUT2D eigenvalue weighted by molar-refractivity contribution is 7.80. The van der Waals surface area contributed by atoms with Crippen LogP contribution in [0, 0.1) is 0 Å². The van der Waals surface area contributed by atoms with Crippen LogP contribution >= 0.6 is 12.2 Å². The van der Waals surface area contributed by atoms with E-state index in [0.717, 1.165) is 0 Å². The van der Waals surface area contributed by atoms with Gasteiger partial charge in [-0.1, -0.05) is 18.3 Å². The number of phenols is 2. The molecule has 0 unspecified atom stereocenters. The maximum atomic E-state index is 11.8. The predicted octanol–water partition coefficient (Wildman–Crippen LogP) is 0.892. The second-order valence-electron chi connectivity index (χ2n) is 4.12. The van der Waals surface area contributed by atoms with Gasteiger partial charge in [0.05, 0.1) is 16.1 Å². The largest absolute Gasteiger partial charge is 0.504 e.